The van der Waals surface area contributed by atoms with Crippen molar-refractivity contribution >= 4 is 0 Å². The van der Waals surface area contributed by atoms with Crippen molar-refractivity contribution in [1.82, 2.24) is 15.1 Å². The first-order valence-electron chi connectivity index (χ1n) is 6.54. The second kappa shape index (κ2) is 4.04. The maximum Gasteiger partial charge on any atom is 0.0264 e. The Hall–Kier alpha value is -0.120. The lowest BCUT2D eigenvalue weighted by Crippen LogP contribution is -2.42. The zero-order chi connectivity index (χ0) is 10.3. The van der Waals surface area contributed by atoms with Crippen LogP contribution in [0.25, 0.3) is 0 Å². The summed E-state index contributed by atoms with van der Waals surface area (Å²) < 4.78 is 0. The van der Waals surface area contributed by atoms with Gasteiger partial charge in [0.25, 0.3) is 0 Å². The summed E-state index contributed by atoms with van der Waals surface area (Å²) in [6.45, 7) is 5.33. The second-order valence-corrected chi connectivity index (χ2v) is 5.37. The van der Waals surface area contributed by atoms with Crippen LogP contribution in [0.1, 0.15) is 25.7 Å². The Kier molecular flexibility index (Phi) is 2.71. The van der Waals surface area contributed by atoms with Gasteiger partial charge in [0.05, 0.1) is 0 Å². The minimum atomic E-state index is 0.750. The summed E-state index contributed by atoms with van der Waals surface area (Å²) >= 11 is 0. The number of nitrogens with zero attached hydrogens (tertiary/aromatic N) is 2. The lowest BCUT2D eigenvalue weighted by atomic mass is 10.1. The Balaban J connectivity index is 1.63. The van der Waals surface area contributed by atoms with Crippen LogP contribution in [0.2, 0.25) is 0 Å². The first-order valence-corrected chi connectivity index (χ1v) is 6.54. The fourth-order valence-corrected chi connectivity index (χ4v) is 3.81. The van der Waals surface area contributed by atoms with E-state index < -0.39 is 0 Å². The molecule has 3 heteroatoms. The van der Waals surface area contributed by atoms with Crippen molar-refractivity contribution in [3.05, 3.63) is 0 Å². The molecule has 0 bridgehead atoms. The summed E-state index contributed by atoms with van der Waals surface area (Å²) in [4.78, 5) is 5.47. The quantitative estimate of drug-likeness (QED) is 0.715. The lowest BCUT2D eigenvalue weighted by molar-refractivity contribution is 0.189. The van der Waals surface area contributed by atoms with Crippen LogP contribution < -0.4 is 5.32 Å². The minimum Gasteiger partial charge on any atom is -0.316 e. The maximum atomic E-state index is 3.42. The van der Waals surface area contributed by atoms with Crippen molar-refractivity contribution in [2.45, 2.75) is 43.8 Å². The van der Waals surface area contributed by atoms with E-state index in [1.165, 1.54) is 51.9 Å². The Morgan fingerprint density at radius 2 is 1.73 bits per heavy atom. The molecule has 0 aromatic carbocycles. The van der Waals surface area contributed by atoms with Crippen LogP contribution in [-0.2, 0) is 0 Å². The van der Waals surface area contributed by atoms with Crippen LogP contribution in [0.4, 0.5) is 0 Å². The van der Waals surface area contributed by atoms with Crippen molar-refractivity contribution in [2.75, 3.05) is 33.2 Å². The molecule has 3 fully saturated rings. The summed E-state index contributed by atoms with van der Waals surface area (Å²) in [5.41, 5.74) is 0. The van der Waals surface area contributed by atoms with Gasteiger partial charge in [-0.2, -0.15) is 0 Å². The summed E-state index contributed by atoms with van der Waals surface area (Å²) in [5, 5.41) is 3.42. The van der Waals surface area contributed by atoms with Crippen LogP contribution in [0.15, 0.2) is 0 Å². The largest absolute Gasteiger partial charge is 0.316 e. The molecule has 0 aromatic rings. The average molecular weight is 209 g/mol. The Morgan fingerprint density at radius 3 is 2.53 bits per heavy atom. The predicted molar refractivity (Wildman–Crippen MR) is 62.0 cm³/mol. The highest BCUT2D eigenvalue weighted by molar-refractivity contribution is 4.99. The monoisotopic (exact) mass is 209 g/mol. The number of fused-ring (bicyclic) bond motifs is 1. The van der Waals surface area contributed by atoms with E-state index in [0.717, 1.165) is 18.1 Å². The molecule has 3 aliphatic rings. The van der Waals surface area contributed by atoms with E-state index in [0.29, 0.717) is 0 Å². The van der Waals surface area contributed by atoms with Gasteiger partial charge in [-0.1, -0.05) is 0 Å². The van der Waals surface area contributed by atoms with Crippen LogP contribution >= 0.6 is 0 Å². The van der Waals surface area contributed by atoms with E-state index in [9.17, 15) is 0 Å². The number of hydrogen-bond donors (Lipinski definition) is 1. The molecule has 0 saturated carbocycles. The number of hydrogen-bond acceptors (Lipinski definition) is 3. The molecule has 3 rings (SSSR count). The number of nitrogens with one attached hydrogen (secondary N) is 1. The Labute approximate surface area is 92.8 Å². The predicted octanol–water partition coefficient (Wildman–Crippen LogP) is 0.517. The normalized spacial score (nSPS) is 42.6. The summed E-state index contributed by atoms with van der Waals surface area (Å²) in [7, 11) is 2.10. The smallest absolute Gasteiger partial charge is 0.0264 e. The molecule has 0 spiro atoms. The zero-order valence-corrected chi connectivity index (χ0v) is 9.78. The van der Waals surface area contributed by atoms with E-state index in [2.05, 4.69) is 22.2 Å². The third-order valence-electron chi connectivity index (χ3n) is 4.67. The number of likely N-dealkylation sites (N-methyl/N-ethyl adjacent to an activating group) is 1. The van der Waals surface area contributed by atoms with E-state index in [4.69, 9.17) is 0 Å². The zero-order valence-electron chi connectivity index (χ0n) is 9.78. The molecule has 3 aliphatic heterocycles. The van der Waals surface area contributed by atoms with Gasteiger partial charge in [-0.25, -0.2) is 0 Å². The molecule has 86 valence electrons. The van der Waals surface area contributed by atoms with E-state index >= 15 is 0 Å². The number of rotatable bonds is 2. The summed E-state index contributed by atoms with van der Waals surface area (Å²) in [6.07, 6.45) is 5.65. The molecule has 0 amide bonds. The van der Waals surface area contributed by atoms with Crippen molar-refractivity contribution in [3.63, 3.8) is 0 Å². The molecule has 0 radical (unpaired) electrons. The van der Waals surface area contributed by atoms with E-state index in [1.54, 1.807) is 0 Å². The van der Waals surface area contributed by atoms with Gasteiger partial charge in [0.2, 0.25) is 0 Å². The highest BCUT2D eigenvalue weighted by Gasteiger charge is 2.41. The van der Waals surface area contributed by atoms with Gasteiger partial charge in [-0.15, -0.1) is 0 Å². The molecule has 3 saturated heterocycles. The van der Waals surface area contributed by atoms with Gasteiger partial charge in [-0.3, -0.25) is 9.80 Å². The molecular weight excluding hydrogens is 186 g/mol. The topological polar surface area (TPSA) is 18.5 Å². The average Bonchev–Trinajstić information content (AvgIpc) is 2.92. The Morgan fingerprint density at radius 1 is 0.933 bits per heavy atom. The van der Waals surface area contributed by atoms with Gasteiger partial charge in [0.15, 0.2) is 0 Å². The fourth-order valence-electron chi connectivity index (χ4n) is 3.81. The van der Waals surface area contributed by atoms with Crippen LogP contribution in [0.5, 0.6) is 0 Å². The first-order chi connectivity index (χ1) is 7.38. The van der Waals surface area contributed by atoms with E-state index in [1.807, 2.05) is 0 Å². The number of likely N-dealkylation sites (tertiary alicyclic amines) is 1. The molecule has 3 unspecified atom stereocenters. The first kappa shape index (κ1) is 10.1. The molecule has 1 N–H and O–H groups in total. The van der Waals surface area contributed by atoms with Crippen molar-refractivity contribution in [2.24, 2.45) is 0 Å². The van der Waals surface area contributed by atoms with Crippen molar-refractivity contribution < 1.29 is 0 Å². The van der Waals surface area contributed by atoms with Gasteiger partial charge < -0.3 is 5.32 Å². The fraction of sp³-hybridized carbons (Fsp3) is 1.00. The lowest BCUT2D eigenvalue weighted by Gasteiger charge is -2.29. The minimum absolute atomic E-state index is 0.750. The molecule has 3 heterocycles. The molecule has 0 aliphatic carbocycles. The molecular formula is C12H23N3. The summed E-state index contributed by atoms with van der Waals surface area (Å²) in [6, 6.07) is 2.53. The van der Waals surface area contributed by atoms with Crippen LogP contribution in [0, 0.1) is 0 Å². The standard InChI is InChI=1S/C12H23N3/c1-13-10-4-7-15(9-10)12-5-8-14-6-2-3-11(12)14/h10-13H,2-9H2,1H3. The Bertz CT molecular complexity index is 231. The third-order valence-corrected chi connectivity index (χ3v) is 4.67. The van der Waals surface area contributed by atoms with E-state index in [-0.39, 0.29) is 0 Å². The van der Waals surface area contributed by atoms with Gasteiger partial charge in [-0.05, 0) is 39.3 Å². The van der Waals surface area contributed by atoms with Crippen molar-refractivity contribution in [1.29, 1.82) is 0 Å². The highest BCUT2D eigenvalue weighted by Crippen LogP contribution is 2.32. The maximum absolute atomic E-state index is 3.42. The SMILES string of the molecule is CNC1CCN(C2CCN3CCCC23)C1. The van der Waals surface area contributed by atoms with Crippen LogP contribution in [0.3, 0.4) is 0 Å². The van der Waals surface area contributed by atoms with Crippen molar-refractivity contribution in [3.8, 4) is 0 Å². The highest BCUT2D eigenvalue weighted by atomic mass is 15.3. The third kappa shape index (κ3) is 1.71. The van der Waals surface area contributed by atoms with Gasteiger partial charge in [0.1, 0.15) is 0 Å². The van der Waals surface area contributed by atoms with Gasteiger partial charge >= 0.3 is 0 Å². The molecule has 3 atom stereocenters. The molecule has 3 nitrogen and oxygen atoms in total. The molecule has 0 aromatic heterocycles. The van der Waals surface area contributed by atoms with Crippen LogP contribution in [-0.4, -0.2) is 61.2 Å². The second-order valence-electron chi connectivity index (χ2n) is 5.37. The summed E-state index contributed by atoms with van der Waals surface area (Å²) in [5.74, 6) is 0. The van der Waals surface area contributed by atoms with Gasteiger partial charge in [0, 0.05) is 37.8 Å². The molecule has 15 heavy (non-hydrogen) atoms.